The quantitative estimate of drug-likeness (QED) is 0.260. The number of carbonyl (C=O) groups is 1. The number of carboxylic acid groups (broad SMARTS) is 1. The molecule has 0 heterocycles. The van der Waals surface area contributed by atoms with Crippen LogP contribution in [0, 0.1) is 11.3 Å². The third-order valence-electron chi connectivity index (χ3n) is 3.64. The van der Waals surface area contributed by atoms with Crippen molar-refractivity contribution in [3.63, 3.8) is 0 Å². The molecule has 0 bridgehead atoms. The van der Waals surface area contributed by atoms with Gasteiger partial charge in [-0.15, -0.1) is 0 Å². The molecule has 0 atom stereocenters. The number of allylic oxidation sites excluding steroid dienone is 2. The third kappa shape index (κ3) is 33.3. The smallest absolute Gasteiger partial charge is 0.550 e. The molecule has 0 N–H and O–H groups in total. The van der Waals surface area contributed by atoms with Crippen molar-refractivity contribution in [1.82, 2.24) is 0 Å². The van der Waals surface area contributed by atoms with E-state index in [0.717, 1.165) is 19.3 Å². The van der Waals surface area contributed by atoms with E-state index in [-0.39, 0.29) is 36.0 Å². The molecule has 0 rings (SSSR count). The molecular weight excluding hydrogens is 309 g/mol. The van der Waals surface area contributed by atoms with Gasteiger partial charge >= 0.3 is 29.6 Å². The van der Waals surface area contributed by atoms with Crippen molar-refractivity contribution >= 4 is 5.97 Å². The second-order valence-corrected chi connectivity index (χ2v) is 5.93. The summed E-state index contributed by atoms with van der Waals surface area (Å²) in [4.78, 5) is 10.2. The van der Waals surface area contributed by atoms with Crippen molar-refractivity contribution in [2.45, 2.75) is 104 Å². The Morgan fingerprint density at radius 1 is 0.875 bits per heavy atom. The van der Waals surface area contributed by atoms with E-state index in [2.05, 4.69) is 19.1 Å². The molecule has 134 valence electrons. The Labute approximate surface area is 172 Å². The number of aliphatic carboxylic acids is 1. The molecule has 0 aromatic carbocycles. The molecule has 0 aliphatic carbocycles. The minimum Gasteiger partial charge on any atom is -0.550 e. The summed E-state index contributed by atoms with van der Waals surface area (Å²) in [6.07, 6.45) is 20.9. The molecule has 24 heavy (non-hydrogen) atoms. The van der Waals surface area contributed by atoms with Crippen LogP contribution in [0.5, 0.6) is 0 Å². The monoisotopic (exact) mass is 345 g/mol. The number of hydrogen-bond acceptors (Lipinski definition) is 3. The average molecular weight is 346 g/mol. The second-order valence-electron chi connectivity index (χ2n) is 5.93. The normalized spacial score (nSPS) is 9.71. The Morgan fingerprint density at radius 2 is 1.25 bits per heavy atom. The molecule has 0 radical (unpaired) electrons. The van der Waals surface area contributed by atoms with Crippen molar-refractivity contribution in [2.75, 3.05) is 0 Å². The molecule has 0 aromatic rings. The van der Waals surface area contributed by atoms with E-state index < -0.39 is 5.97 Å². The number of nitrogens with zero attached hydrogens (tertiary/aromatic N) is 1. The third-order valence-corrected chi connectivity index (χ3v) is 3.64. The number of hydrogen-bond donors (Lipinski definition) is 0. The maximum atomic E-state index is 10.2. The van der Waals surface area contributed by atoms with Crippen LogP contribution in [0.1, 0.15) is 104 Å². The second kappa shape index (κ2) is 27.5. The van der Waals surface area contributed by atoms with Crippen LogP contribution in [0.3, 0.4) is 0 Å². The first-order valence-electron chi connectivity index (χ1n) is 9.34. The van der Waals surface area contributed by atoms with Gasteiger partial charge in [0.15, 0.2) is 0 Å². The first kappa shape index (κ1) is 28.5. The average Bonchev–Trinajstić information content (AvgIpc) is 2.51. The van der Waals surface area contributed by atoms with Crippen LogP contribution in [0.4, 0.5) is 0 Å². The maximum Gasteiger partial charge on any atom is 1.00 e. The number of nitriles is 1. The fourth-order valence-electron chi connectivity index (χ4n) is 2.34. The number of carboxylic acids is 1. The summed E-state index contributed by atoms with van der Waals surface area (Å²) in [6, 6.07) is 1.75. The van der Waals surface area contributed by atoms with Crippen LogP contribution < -0.4 is 34.7 Å². The van der Waals surface area contributed by atoms with Crippen LogP contribution in [0.25, 0.3) is 0 Å². The zero-order valence-electron chi connectivity index (χ0n) is 16.3. The number of carbonyl (C=O) groups excluding carboxylic acids is 1. The van der Waals surface area contributed by atoms with E-state index in [1.54, 1.807) is 6.07 Å². The number of unbranched alkanes of at least 4 members (excludes halogenated alkanes) is 11. The summed E-state index contributed by atoms with van der Waals surface area (Å²) in [5, 5.41) is 17.5. The fraction of sp³-hybridized carbons (Fsp3) is 0.800. The van der Waals surface area contributed by atoms with Crippen molar-refractivity contribution in [3.8, 4) is 6.07 Å². The van der Waals surface area contributed by atoms with Crippen molar-refractivity contribution in [1.29, 1.82) is 5.26 Å². The van der Waals surface area contributed by atoms with Crippen LogP contribution in [0.2, 0.25) is 0 Å². The Morgan fingerprint density at radius 3 is 1.67 bits per heavy atom. The summed E-state index contributed by atoms with van der Waals surface area (Å²) in [6.45, 7) is 3.69. The van der Waals surface area contributed by atoms with Crippen molar-refractivity contribution < 1.29 is 39.5 Å². The van der Waals surface area contributed by atoms with Gasteiger partial charge in [-0.1, -0.05) is 70.4 Å². The van der Waals surface area contributed by atoms with Crippen molar-refractivity contribution in [2.24, 2.45) is 0 Å². The topological polar surface area (TPSA) is 63.9 Å². The van der Waals surface area contributed by atoms with Gasteiger partial charge in [-0.2, -0.15) is 5.26 Å². The van der Waals surface area contributed by atoms with Gasteiger partial charge in [0.05, 0.1) is 6.07 Å². The molecule has 0 unspecified atom stereocenters. The molecule has 0 saturated carbocycles. The van der Waals surface area contributed by atoms with Gasteiger partial charge in [0.2, 0.25) is 0 Å². The SMILES string of the molecule is CC#N.CCCCCCCC/C=C\CCCCCCCC(=O)[O-].[Na+]. The molecule has 4 heteroatoms. The summed E-state index contributed by atoms with van der Waals surface area (Å²) in [5.41, 5.74) is 0. The zero-order chi connectivity index (χ0) is 17.6. The molecule has 0 aromatic heterocycles. The van der Waals surface area contributed by atoms with E-state index in [4.69, 9.17) is 5.26 Å². The molecule has 0 aliphatic heterocycles. The molecular formula is C20H36NNaO2. The predicted octanol–water partition coefficient (Wildman–Crippen LogP) is 2.31. The van der Waals surface area contributed by atoms with Crippen LogP contribution in [-0.2, 0) is 4.79 Å². The molecule has 0 aliphatic rings. The standard InChI is InChI=1S/C18H34O2.C2H3N.Na/c1-2-3-4-5-6-7-8-9-10-11-12-13-14-15-16-17-18(19)20;1-2-3;/h9-10H,2-8,11-17H2,1H3,(H,19,20);1H3;/q;;+1/p-1/b10-9-;;. The summed E-state index contributed by atoms with van der Waals surface area (Å²) in [7, 11) is 0. The van der Waals surface area contributed by atoms with Crippen LogP contribution >= 0.6 is 0 Å². The predicted molar refractivity (Wildman–Crippen MR) is 95.7 cm³/mol. The van der Waals surface area contributed by atoms with Gasteiger partial charge in [-0.05, 0) is 38.5 Å². The van der Waals surface area contributed by atoms with Gasteiger partial charge in [0.1, 0.15) is 0 Å². The molecule has 0 amide bonds. The molecule has 0 spiro atoms. The van der Waals surface area contributed by atoms with Gasteiger partial charge in [-0.25, -0.2) is 0 Å². The summed E-state index contributed by atoms with van der Waals surface area (Å²) in [5.74, 6) is -0.914. The van der Waals surface area contributed by atoms with E-state index in [9.17, 15) is 9.90 Å². The molecule has 0 saturated heterocycles. The maximum absolute atomic E-state index is 10.2. The van der Waals surface area contributed by atoms with E-state index in [1.165, 1.54) is 71.1 Å². The zero-order valence-corrected chi connectivity index (χ0v) is 18.3. The fourth-order valence-corrected chi connectivity index (χ4v) is 2.34. The summed E-state index contributed by atoms with van der Waals surface area (Å²) < 4.78 is 0. The van der Waals surface area contributed by atoms with E-state index in [0.29, 0.717) is 0 Å². The minimum atomic E-state index is -0.914. The largest absolute Gasteiger partial charge is 1.00 e. The van der Waals surface area contributed by atoms with Crippen molar-refractivity contribution in [3.05, 3.63) is 12.2 Å². The van der Waals surface area contributed by atoms with Gasteiger partial charge < -0.3 is 9.90 Å². The van der Waals surface area contributed by atoms with E-state index in [1.807, 2.05) is 0 Å². The summed E-state index contributed by atoms with van der Waals surface area (Å²) >= 11 is 0. The number of rotatable bonds is 15. The van der Waals surface area contributed by atoms with Gasteiger partial charge in [0.25, 0.3) is 0 Å². The minimum absolute atomic E-state index is 0. The Hall–Kier alpha value is -0.300. The molecule has 3 nitrogen and oxygen atoms in total. The Bertz CT molecular complexity index is 311. The van der Waals surface area contributed by atoms with Gasteiger partial charge in [-0.3, -0.25) is 0 Å². The Kier molecular flexibility index (Phi) is 32.7. The van der Waals surface area contributed by atoms with Crippen LogP contribution in [-0.4, -0.2) is 5.97 Å². The first-order chi connectivity index (χ1) is 11.2. The Balaban J connectivity index is -0.00000102. The first-order valence-corrected chi connectivity index (χ1v) is 9.34. The van der Waals surface area contributed by atoms with E-state index >= 15 is 0 Å². The molecule has 0 fully saturated rings. The van der Waals surface area contributed by atoms with Crippen LogP contribution in [0.15, 0.2) is 12.2 Å². The van der Waals surface area contributed by atoms with Gasteiger partial charge in [0, 0.05) is 12.9 Å².